The van der Waals surface area contributed by atoms with Crippen LogP contribution in [0.15, 0.2) is 48.7 Å². The first-order valence-electron chi connectivity index (χ1n) is 19.3. The molecule has 8 rings (SSSR count). The number of benzene rings is 2. The Morgan fingerprint density at radius 3 is 2.17 bits per heavy atom. The molecular formula is C42H43ClN8O7. The van der Waals surface area contributed by atoms with Crippen molar-refractivity contribution in [2.75, 3.05) is 37.6 Å². The summed E-state index contributed by atoms with van der Waals surface area (Å²) < 4.78 is 6.34. The number of aromatic nitrogens is 1. The number of ether oxygens (including phenoxy) is 1. The van der Waals surface area contributed by atoms with Crippen LogP contribution in [0.4, 0.5) is 5.69 Å². The summed E-state index contributed by atoms with van der Waals surface area (Å²) in [6.45, 7) is 11.5. The van der Waals surface area contributed by atoms with Gasteiger partial charge >= 0.3 is 0 Å². The van der Waals surface area contributed by atoms with Crippen molar-refractivity contribution in [2.24, 2.45) is 10.8 Å². The predicted octanol–water partition coefficient (Wildman–Crippen LogP) is 3.28. The first kappa shape index (κ1) is 39.0. The van der Waals surface area contributed by atoms with Crippen molar-refractivity contribution in [1.29, 1.82) is 5.26 Å². The molecule has 1 atom stereocenters. The lowest BCUT2D eigenvalue weighted by Gasteiger charge is -2.63. The van der Waals surface area contributed by atoms with Crippen molar-refractivity contribution >= 4 is 52.7 Å². The summed E-state index contributed by atoms with van der Waals surface area (Å²) in [6.07, 6.45) is 1.60. The molecule has 6 amide bonds. The molecule has 3 fully saturated rings. The third-order valence-electron chi connectivity index (χ3n) is 12.3. The van der Waals surface area contributed by atoms with E-state index in [1.54, 1.807) is 42.6 Å². The Bertz CT molecular complexity index is 2250. The Morgan fingerprint density at radius 1 is 0.948 bits per heavy atom. The van der Waals surface area contributed by atoms with Crippen LogP contribution in [0.5, 0.6) is 5.75 Å². The fourth-order valence-corrected chi connectivity index (χ4v) is 9.78. The molecule has 5 heterocycles. The molecule has 1 unspecified atom stereocenters. The summed E-state index contributed by atoms with van der Waals surface area (Å²) in [4.78, 5) is 88.8. The highest BCUT2D eigenvalue weighted by Crippen LogP contribution is 2.55. The van der Waals surface area contributed by atoms with E-state index in [-0.39, 0.29) is 54.5 Å². The standard InChI is InChI=1S/C42H43ClN8O7/c1-41(2)39(42(3,4)40(41)58-27-7-5-23(18-44)30(43)17-27)47-35(54)31-8-6-26(19-45-31)49-11-13-50(14-12-49)34(53)22-48-20-24-15-28-29(16-25(24)21-48)38(57)51(37(28)56)32-9-10-33(52)46-36(32)55/h5-8,15-17,19,32,39-40H,9-14,20-22H2,1-4H3,(H,47,54)(H,46,52,55). The van der Waals surface area contributed by atoms with Crippen LogP contribution in [0.1, 0.15) is 88.4 Å². The van der Waals surface area contributed by atoms with Gasteiger partial charge in [-0.2, -0.15) is 5.26 Å². The lowest BCUT2D eigenvalue weighted by molar-refractivity contribution is -0.164. The number of piperazine rings is 1. The number of hydrogen-bond acceptors (Lipinski definition) is 11. The van der Waals surface area contributed by atoms with Gasteiger partial charge in [0.05, 0.1) is 40.1 Å². The van der Waals surface area contributed by atoms with Gasteiger partial charge in [-0.05, 0) is 53.9 Å². The van der Waals surface area contributed by atoms with Crippen LogP contribution >= 0.6 is 11.6 Å². The third-order valence-corrected chi connectivity index (χ3v) is 12.6. The number of rotatable bonds is 8. The number of anilines is 1. The van der Waals surface area contributed by atoms with Gasteiger partial charge in [0.25, 0.3) is 17.7 Å². The van der Waals surface area contributed by atoms with Crippen LogP contribution in [-0.4, -0.2) is 106 Å². The normalized spacial score (nSPS) is 23.4. The minimum absolute atomic E-state index is 0.0171. The molecule has 5 aliphatic rings. The van der Waals surface area contributed by atoms with E-state index >= 15 is 0 Å². The molecule has 16 heteroatoms. The van der Waals surface area contributed by atoms with Crippen LogP contribution in [0.3, 0.4) is 0 Å². The highest BCUT2D eigenvalue weighted by molar-refractivity contribution is 6.31. The van der Waals surface area contributed by atoms with E-state index < -0.39 is 40.5 Å². The zero-order chi connectivity index (χ0) is 41.3. The molecule has 1 aromatic heterocycles. The number of halogens is 1. The summed E-state index contributed by atoms with van der Waals surface area (Å²) in [5.41, 5.74) is 2.87. The molecular weight excluding hydrogens is 764 g/mol. The summed E-state index contributed by atoms with van der Waals surface area (Å²) in [6, 6.07) is 12.8. The summed E-state index contributed by atoms with van der Waals surface area (Å²) in [5, 5.41) is 14.9. The number of carbonyl (C=O) groups excluding carboxylic acids is 6. The molecule has 58 heavy (non-hydrogen) atoms. The molecule has 300 valence electrons. The Hall–Kier alpha value is -5.85. The number of imide groups is 2. The average Bonchev–Trinajstić information content (AvgIpc) is 3.70. The Kier molecular flexibility index (Phi) is 9.76. The van der Waals surface area contributed by atoms with Crippen molar-refractivity contribution in [2.45, 2.75) is 71.8 Å². The summed E-state index contributed by atoms with van der Waals surface area (Å²) in [5.74, 6) is -1.90. The van der Waals surface area contributed by atoms with Crippen LogP contribution in [0.25, 0.3) is 0 Å². The highest BCUT2D eigenvalue weighted by atomic mass is 35.5. The summed E-state index contributed by atoms with van der Waals surface area (Å²) in [7, 11) is 0. The van der Waals surface area contributed by atoms with E-state index in [4.69, 9.17) is 16.3 Å². The van der Waals surface area contributed by atoms with Crippen molar-refractivity contribution < 1.29 is 33.5 Å². The predicted molar refractivity (Wildman–Crippen MR) is 210 cm³/mol. The smallest absolute Gasteiger partial charge is 0.270 e. The minimum Gasteiger partial charge on any atom is -0.489 e. The van der Waals surface area contributed by atoms with E-state index in [1.165, 1.54) is 0 Å². The van der Waals surface area contributed by atoms with Gasteiger partial charge in [-0.1, -0.05) is 39.3 Å². The van der Waals surface area contributed by atoms with E-state index in [2.05, 4.69) is 26.6 Å². The molecule has 3 aromatic rings. The average molecular weight is 807 g/mol. The van der Waals surface area contributed by atoms with Gasteiger partial charge in [0.15, 0.2) is 0 Å². The van der Waals surface area contributed by atoms with Gasteiger partial charge < -0.3 is 19.9 Å². The number of fused-ring (bicyclic) bond motifs is 2. The van der Waals surface area contributed by atoms with Crippen LogP contribution < -0.4 is 20.3 Å². The molecule has 1 aliphatic carbocycles. The second-order valence-electron chi connectivity index (χ2n) is 16.8. The van der Waals surface area contributed by atoms with Gasteiger partial charge in [0.2, 0.25) is 17.7 Å². The van der Waals surface area contributed by atoms with Crippen LogP contribution in [0.2, 0.25) is 5.02 Å². The van der Waals surface area contributed by atoms with Crippen molar-refractivity contribution in [3.05, 3.63) is 87.2 Å². The Morgan fingerprint density at radius 2 is 1.60 bits per heavy atom. The molecule has 2 N–H and O–H groups in total. The number of hydrogen-bond donors (Lipinski definition) is 2. The molecule has 0 bridgehead atoms. The number of amides is 6. The summed E-state index contributed by atoms with van der Waals surface area (Å²) >= 11 is 6.23. The highest BCUT2D eigenvalue weighted by Gasteiger charge is 2.64. The molecule has 0 radical (unpaired) electrons. The van der Waals surface area contributed by atoms with E-state index in [9.17, 15) is 34.0 Å². The maximum absolute atomic E-state index is 13.4. The van der Waals surface area contributed by atoms with Gasteiger partial charge in [0, 0.05) is 68.6 Å². The Balaban J connectivity index is 0.816. The lowest BCUT2D eigenvalue weighted by atomic mass is 9.49. The lowest BCUT2D eigenvalue weighted by Crippen LogP contribution is -2.74. The number of pyridine rings is 1. The van der Waals surface area contributed by atoms with E-state index in [1.807, 2.05) is 43.6 Å². The molecule has 4 aliphatic heterocycles. The van der Waals surface area contributed by atoms with Gasteiger partial charge in [-0.25, -0.2) is 4.98 Å². The largest absolute Gasteiger partial charge is 0.489 e. The number of piperidine rings is 1. The Labute approximate surface area is 340 Å². The molecule has 2 saturated heterocycles. The van der Waals surface area contributed by atoms with Gasteiger partial charge in [-0.15, -0.1) is 0 Å². The quantitative estimate of drug-likeness (QED) is 0.319. The number of nitrogens with one attached hydrogen (secondary N) is 2. The fraction of sp³-hybridized carbons (Fsp3) is 0.429. The zero-order valence-electron chi connectivity index (χ0n) is 32.6. The molecule has 0 spiro atoms. The second kappa shape index (κ2) is 14.5. The third kappa shape index (κ3) is 6.73. The number of carbonyl (C=O) groups is 6. The fourth-order valence-electron chi connectivity index (χ4n) is 9.56. The first-order chi connectivity index (χ1) is 27.6. The van der Waals surface area contributed by atoms with Crippen molar-refractivity contribution in [3.63, 3.8) is 0 Å². The molecule has 2 aromatic carbocycles. The first-order valence-corrected chi connectivity index (χ1v) is 19.7. The molecule has 1 saturated carbocycles. The number of nitrogens with zero attached hydrogens (tertiary/aromatic N) is 6. The minimum atomic E-state index is -1.02. The zero-order valence-corrected chi connectivity index (χ0v) is 33.4. The maximum atomic E-state index is 13.4. The topological polar surface area (TPSA) is 185 Å². The molecule has 15 nitrogen and oxygen atoms in total. The van der Waals surface area contributed by atoms with E-state index in [0.29, 0.717) is 61.3 Å². The van der Waals surface area contributed by atoms with E-state index in [0.717, 1.165) is 21.7 Å². The van der Waals surface area contributed by atoms with Gasteiger partial charge in [0.1, 0.15) is 29.7 Å². The van der Waals surface area contributed by atoms with Gasteiger partial charge in [-0.3, -0.25) is 43.9 Å². The monoisotopic (exact) mass is 806 g/mol. The maximum Gasteiger partial charge on any atom is 0.270 e. The van der Waals surface area contributed by atoms with Crippen LogP contribution in [-0.2, 0) is 27.5 Å². The second-order valence-corrected chi connectivity index (χ2v) is 17.2. The number of nitriles is 1. The van der Waals surface area contributed by atoms with Crippen LogP contribution in [0, 0.1) is 22.2 Å². The van der Waals surface area contributed by atoms with Crippen molar-refractivity contribution in [3.8, 4) is 11.8 Å². The SMILES string of the molecule is CC1(C)C(NC(=O)c2ccc(N3CCN(C(=O)CN4Cc5cc6c(cc5C4)C(=O)N(C4CCC(=O)NC4=O)C6=O)CC3)cn2)C(C)(C)C1Oc1ccc(C#N)c(Cl)c1. The van der Waals surface area contributed by atoms with Crippen molar-refractivity contribution in [1.82, 2.24) is 30.3 Å².